The normalized spacial score (nSPS) is 20.1. The monoisotopic (exact) mass is 683 g/mol. The topological polar surface area (TPSA) is 107 Å². The molecule has 2 atom stereocenters. The Hall–Kier alpha value is -4.73. The van der Waals surface area contributed by atoms with Crippen LogP contribution in [0.5, 0.6) is 6.01 Å². The number of likely N-dealkylation sites (N-methyl/N-ethyl adjacent to an activating group) is 1. The van der Waals surface area contributed by atoms with E-state index >= 15 is 4.39 Å². The van der Waals surface area contributed by atoms with Crippen LogP contribution in [0.1, 0.15) is 36.3 Å². The van der Waals surface area contributed by atoms with Gasteiger partial charge in [0.2, 0.25) is 0 Å². The second kappa shape index (κ2) is 14.0. The number of piperazine rings is 1. The van der Waals surface area contributed by atoms with Gasteiger partial charge in [-0.2, -0.15) is 15.2 Å². The van der Waals surface area contributed by atoms with Gasteiger partial charge in [-0.25, -0.2) is 9.37 Å². The predicted octanol–water partition coefficient (Wildman–Crippen LogP) is 4.99. The van der Waals surface area contributed by atoms with Crippen molar-refractivity contribution in [2.45, 2.75) is 44.3 Å². The number of aryl methyl sites for hydroxylation is 1. The molecule has 254 valence electrons. The van der Waals surface area contributed by atoms with Crippen molar-refractivity contribution in [3.63, 3.8) is 0 Å². The van der Waals surface area contributed by atoms with E-state index in [4.69, 9.17) is 26.3 Å². The van der Waals surface area contributed by atoms with E-state index in [0.29, 0.717) is 55.6 Å². The van der Waals surface area contributed by atoms with Gasteiger partial charge in [0.15, 0.2) is 5.83 Å². The summed E-state index contributed by atoms with van der Waals surface area (Å²) in [5.74, 6) is -0.576. The van der Waals surface area contributed by atoms with Gasteiger partial charge < -0.3 is 28.9 Å². The quantitative estimate of drug-likeness (QED) is 0.238. The molecule has 0 radical (unpaired) electrons. The van der Waals surface area contributed by atoms with Crippen molar-refractivity contribution >= 4 is 45.9 Å². The molecule has 3 aliphatic rings. The van der Waals surface area contributed by atoms with E-state index in [2.05, 4.69) is 51.0 Å². The smallest absolute Gasteiger partial charge is 0.318 e. The third kappa shape index (κ3) is 6.65. The summed E-state index contributed by atoms with van der Waals surface area (Å²) in [5, 5.41) is 12.5. The molecule has 4 aromatic rings. The molecule has 0 aliphatic carbocycles. The number of amides is 1. The van der Waals surface area contributed by atoms with Gasteiger partial charge in [0.1, 0.15) is 18.2 Å². The van der Waals surface area contributed by atoms with E-state index in [1.54, 1.807) is 24.0 Å². The standard InChI is InChI=1S/C36H39ClFN9O2/c1-43-15-5-8-26(43)23-49-36-41-30-22-45(31-10-4-7-24-6-3-9-28(37)33(24)31)16-12-27(30)34(42-36)46-18-19-47(25(21-46)11-13-39)35(48)29(38)20-32-40-14-17-44(32)2/h3-4,6-7,9-10,14,17,20,25-26H,5,8,11-12,15-16,18-19,21-23H2,1-2H3/b29-20-/t25-,26-/m0/s1. The lowest BCUT2D eigenvalue weighted by molar-refractivity contribution is -0.131. The molecule has 11 nitrogen and oxygen atoms in total. The van der Waals surface area contributed by atoms with Crippen LogP contribution < -0.4 is 14.5 Å². The Morgan fingerprint density at radius 2 is 1.94 bits per heavy atom. The van der Waals surface area contributed by atoms with Crippen LogP contribution in [-0.2, 0) is 24.8 Å². The van der Waals surface area contributed by atoms with Gasteiger partial charge in [0.25, 0.3) is 5.91 Å². The lowest BCUT2D eigenvalue weighted by Crippen LogP contribution is -2.56. The molecule has 13 heteroatoms. The molecular weight excluding hydrogens is 645 g/mol. The number of nitriles is 1. The first-order valence-corrected chi connectivity index (χ1v) is 17.1. The van der Waals surface area contributed by atoms with Crippen molar-refractivity contribution in [1.29, 1.82) is 5.26 Å². The molecule has 2 aromatic carbocycles. The molecule has 1 amide bonds. The lowest BCUT2D eigenvalue weighted by atomic mass is 10.0. The van der Waals surface area contributed by atoms with Crippen LogP contribution in [-0.4, -0.2) is 93.7 Å². The van der Waals surface area contributed by atoms with Crippen molar-refractivity contribution in [3.05, 3.63) is 76.7 Å². The maximum atomic E-state index is 15.2. The average molecular weight is 684 g/mol. The van der Waals surface area contributed by atoms with Gasteiger partial charge in [-0.15, -0.1) is 0 Å². The molecule has 49 heavy (non-hydrogen) atoms. The van der Waals surface area contributed by atoms with Gasteiger partial charge in [-0.1, -0.05) is 35.9 Å². The Bertz CT molecular complexity index is 1940. The average Bonchev–Trinajstić information content (AvgIpc) is 3.72. The number of nitrogens with zero attached hydrogens (tertiary/aromatic N) is 9. The summed E-state index contributed by atoms with van der Waals surface area (Å²) in [6, 6.07) is 14.4. The number of carbonyl (C=O) groups excluding carboxylic acids is 1. The number of imidazole rings is 1. The number of ether oxygens (including phenoxy) is 1. The Morgan fingerprint density at radius 1 is 1.10 bits per heavy atom. The first-order chi connectivity index (χ1) is 23.8. The molecule has 7 rings (SSSR count). The maximum absolute atomic E-state index is 15.2. The second-order valence-corrected chi connectivity index (χ2v) is 13.4. The van der Waals surface area contributed by atoms with E-state index in [1.807, 2.05) is 18.2 Å². The SMILES string of the molecule is CN1CCC[C@H]1COc1nc2c(c(N3CCN(C(=O)/C(F)=C/c4nccn4C)[C@@H](CC#N)C3)n1)CCN(c1cccc3cccc(Cl)c13)C2. The summed E-state index contributed by atoms with van der Waals surface area (Å²) >= 11 is 6.72. The fourth-order valence-corrected chi connectivity index (χ4v) is 7.52. The first kappa shape index (κ1) is 32.8. The van der Waals surface area contributed by atoms with E-state index in [0.717, 1.165) is 65.5 Å². The van der Waals surface area contributed by atoms with Gasteiger partial charge in [0, 0.05) is 74.4 Å². The lowest BCUT2D eigenvalue weighted by Gasteiger charge is -2.42. The van der Waals surface area contributed by atoms with Crippen molar-refractivity contribution in [3.8, 4) is 12.1 Å². The zero-order valence-corrected chi connectivity index (χ0v) is 28.5. The number of hydrogen-bond acceptors (Lipinski definition) is 9. The van der Waals surface area contributed by atoms with E-state index < -0.39 is 17.8 Å². The summed E-state index contributed by atoms with van der Waals surface area (Å²) in [6.07, 6.45) is 7.29. The van der Waals surface area contributed by atoms with Crippen LogP contribution in [0.2, 0.25) is 5.02 Å². The Kier molecular flexibility index (Phi) is 9.38. The summed E-state index contributed by atoms with van der Waals surface area (Å²) in [4.78, 5) is 35.5. The number of halogens is 2. The zero-order chi connectivity index (χ0) is 34.1. The minimum atomic E-state index is -0.911. The Balaban J connectivity index is 1.19. The first-order valence-electron chi connectivity index (χ1n) is 16.7. The molecule has 5 heterocycles. The molecule has 0 saturated carbocycles. The molecule has 2 aromatic heterocycles. The van der Waals surface area contributed by atoms with Crippen LogP contribution in [0, 0.1) is 11.3 Å². The summed E-state index contributed by atoms with van der Waals surface area (Å²) in [5.41, 5.74) is 2.93. The predicted molar refractivity (Wildman–Crippen MR) is 187 cm³/mol. The van der Waals surface area contributed by atoms with Crippen LogP contribution >= 0.6 is 11.6 Å². The van der Waals surface area contributed by atoms with E-state index in [-0.39, 0.29) is 13.0 Å². The fraction of sp³-hybridized carbons (Fsp3) is 0.417. The van der Waals surface area contributed by atoms with Gasteiger partial charge in [0.05, 0.1) is 35.8 Å². The fourth-order valence-electron chi connectivity index (χ4n) is 7.24. The highest BCUT2D eigenvalue weighted by Crippen LogP contribution is 2.37. The molecule has 2 saturated heterocycles. The number of rotatable bonds is 8. The maximum Gasteiger partial charge on any atom is 0.318 e. The minimum Gasteiger partial charge on any atom is -0.462 e. The van der Waals surface area contributed by atoms with Crippen molar-refractivity contribution in [2.75, 3.05) is 56.2 Å². The number of benzene rings is 2. The van der Waals surface area contributed by atoms with Crippen LogP contribution in [0.25, 0.3) is 16.8 Å². The van der Waals surface area contributed by atoms with Crippen molar-refractivity contribution < 1.29 is 13.9 Å². The van der Waals surface area contributed by atoms with Crippen molar-refractivity contribution in [2.24, 2.45) is 7.05 Å². The largest absolute Gasteiger partial charge is 0.462 e. The summed E-state index contributed by atoms with van der Waals surface area (Å²) in [7, 11) is 3.84. The van der Waals surface area contributed by atoms with Gasteiger partial charge in [-0.05, 0) is 50.4 Å². The van der Waals surface area contributed by atoms with Gasteiger partial charge >= 0.3 is 6.01 Å². The zero-order valence-electron chi connectivity index (χ0n) is 27.7. The highest BCUT2D eigenvalue weighted by molar-refractivity contribution is 6.36. The van der Waals surface area contributed by atoms with Crippen LogP contribution in [0.15, 0.2) is 54.6 Å². The third-order valence-electron chi connectivity index (χ3n) is 9.96. The summed E-state index contributed by atoms with van der Waals surface area (Å²) in [6.45, 7) is 3.76. The molecule has 0 unspecified atom stereocenters. The molecule has 0 spiro atoms. The highest BCUT2D eigenvalue weighted by atomic mass is 35.5. The molecule has 0 bridgehead atoms. The molecule has 0 N–H and O–H groups in total. The highest BCUT2D eigenvalue weighted by Gasteiger charge is 2.35. The molecule has 3 aliphatic heterocycles. The molecular formula is C36H39ClFN9O2. The third-order valence-corrected chi connectivity index (χ3v) is 10.3. The number of likely N-dealkylation sites (tertiary alicyclic amines) is 1. The van der Waals surface area contributed by atoms with Crippen molar-refractivity contribution in [1.82, 2.24) is 29.3 Å². The van der Waals surface area contributed by atoms with E-state index in [1.165, 1.54) is 4.90 Å². The molecule has 2 fully saturated rings. The second-order valence-electron chi connectivity index (χ2n) is 13.0. The number of carbonyl (C=O) groups is 1. The van der Waals surface area contributed by atoms with Crippen LogP contribution in [0.4, 0.5) is 15.9 Å². The minimum absolute atomic E-state index is 0.0538. The Labute approximate surface area is 290 Å². The van der Waals surface area contributed by atoms with Gasteiger partial charge in [-0.3, -0.25) is 4.79 Å². The number of fused-ring (bicyclic) bond motifs is 2. The van der Waals surface area contributed by atoms with Crippen LogP contribution in [0.3, 0.4) is 0 Å². The number of aromatic nitrogens is 4. The summed E-state index contributed by atoms with van der Waals surface area (Å²) < 4.78 is 23.2. The number of hydrogen-bond donors (Lipinski definition) is 0. The van der Waals surface area contributed by atoms with E-state index in [9.17, 15) is 10.1 Å². The Morgan fingerprint density at radius 3 is 2.69 bits per heavy atom. The number of anilines is 2.